The van der Waals surface area contributed by atoms with E-state index in [9.17, 15) is 4.79 Å². The number of nitrogens with zero attached hydrogens (tertiary/aromatic N) is 3. The molecule has 1 saturated heterocycles. The van der Waals surface area contributed by atoms with E-state index in [0.29, 0.717) is 12.5 Å². The highest BCUT2D eigenvalue weighted by Crippen LogP contribution is 2.26. The monoisotopic (exact) mass is 274 g/mol. The molecule has 1 aliphatic heterocycles. The van der Waals surface area contributed by atoms with Gasteiger partial charge >= 0.3 is 6.03 Å². The number of nitrogens with two attached hydrogens (primary N) is 1. The predicted octanol–water partition coefficient (Wildman–Crippen LogP) is 0.843. The lowest BCUT2D eigenvalue weighted by Gasteiger charge is -2.33. The molecule has 0 aliphatic carbocycles. The first-order chi connectivity index (χ1) is 9.74. The van der Waals surface area contributed by atoms with E-state index in [4.69, 9.17) is 5.73 Å². The fraction of sp³-hybridized carbons (Fsp3) is 0.462. The summed E-state index contributed by atoms with van der Waals surface area (Å²) >= 11 is 0. The predicted molar refractivity (Wildman–Crippen MR) is 76.4 cm³/mol. The number of carbonyl (C=O) groups excluding carboxylic acids is 1. The fourth-order valence-electron chi connectivity index (χ4n) is 2.78. The normalized spacial score (nSPS) is 19.2. The first kappa shape index (κ1) is 12.7. The lowest BCUT2D eigenvalue weighted by molar-refractivity contribution is 0.246. The van der Waals surface area contributed by atoms with Crippen LogP contribution in [0, 0.1) is 5.92 Å². The Morgan fingerprint density at radius 1 is 1.55 bits per heavy atom. The van der Waals surface area contributed by atoms with Gasteiger partial charge in [-0.15, -0.1) is 0 Å². The SMILES string of the molecule is NC(=O)NCC1CCCN(c2ncnc3[nH]ccc23)C1. The molecule has 0 radical (unpaired) electrons. The highest BCUT2D eigenvalue weighted by Gasteiger charge is 2.22. The minimum absolute atomic E-state index is 0.403. The van der Waals surface area contributed by atoms with Gasteiger partial charge in [0.25, 0.3) is 0 Å². The van der Waals surface area contributed by atoms with E-state index in [1.54, 1.807) is 6.33 Å². The maximum absolute atomic E-state index is 10.8. The van der Waals surface area contributed by atoms with Crippen LogP contribution in [0.2, 0.25) is 0 Å². The van der Waals surface area contributed by atoms with Crippen LogP contribution in [0.15, 0.2) is 18.6 Å². The van der Waals surface area contributed by atoms with Crippen molar-refractivity contribution >= 4 is 22.9 Å². The molecule has 3 rings (SSSR count). The number of urea groups is 1. The molecule has 1 atom stereocenters. The number of fused-ring (bicyclic) bond motifs is 1. The second-order valence-corrected chi connectivity index (χ2v) is 5.14. The molecule has 2 aromatic heterocycles. The van der Waals surface area contributed by atoms with Gasteiger partial charge in [-0.25, -0.2) is 14.8 Å². The Kier molecular flexibility index (Phi) is 3.41. The molecule has 7 heteroatoms. The maximum atomic E-state index is 10.8. The quantitative estimate of drug-likeness (QED) is 0.772. The van der Waals surface area contributed by atoms with E-state index in [1.165, 1.54) is 0 Å². The number of aromatic nitrogens is 3. The molecule has 1 unspecified atom stereocenters. The third kappa shape index (κ3) is 2.52. The summed E-state index contributed by atoms with van der Waals surface area (Å²) in [4.78, 5) is 24.8. The number of H-pyrrole nitrogens is 1. The smallest absolute Gasteiger partial charge is 0.312 e. The van der Waals surface area contributed by atoms with Crippen LogP contribution in [0.3, 0.4) is 0 Å². The number of primary amides is 1. The van der Waals surface area contributed by atoms with Crippen LogP contribution in [0.25, 0.3) is 11.0 Å². The van der Waals surface area contributed by atoms with Crippen LogP contribution in [-0.4, -0.2) is 40.6 Å². The second-order valence-electron chi connectivity index (χ2n) is 5.14. The van der Waals surface area contributed by atoms with E-state index in [0.717, 1.165) is 42.8 Å². The lowest BCUT2D eigenvalue weighted by atomic mass is 9.98. The Bertz CT molecular complexity index is 610. The van der Waals surface area contributed by atoms with Gasteiger partial charge in [0.15, 0.2) is 0 Å². The zero-order valence-electron chi connectivity index (χ0n) is 11.2. The van der Waals surface area contributed by atoms with Crippen molar-refractivity contribution in [1.29, 1.82) is 0 Å². The average Bonchev–Trinajstić information content (AvgIpc) is 2.93. The molecule has 106 valence electrons. The van der Waals surface area contributed by atoms with Crippen LogP contribution in [-0.2, 0) is 0 Å². The van der Waals surface area contributed by atoms with Crippen LogP contribution in [0.1, 0.15) is 12.8 Å². The number of hydrogen-bond acceptors (Lipinski definition) is 4. The van der Waals surface area contributed by atoms with Gasteiger partial charge in [-0.1, -0.05) is 0 Å². The van der Waals surface area contributed by atoms with E-state index in [2.05, 4.69) is 25.2 Å². The summed E-state index contributed by atoms with van der Waals surface area (Å²) in [5.74, 6) is 1.36. The molecule has 20 heavy (non-hydrogen) atoms. The van der Waals surface area contributed by atoms with Crippen molar-refractivity contribution < 1.29 is 4.79 Å². The summed E-state index contributed by atoms with van der Waals surface area (Å²) < 4.78 is 0. The third-order valence-electron chi connectivity index (χ3n) is 3.72. The first-order valence-electron chi connectivity index (χ1n) is 6.80. The largest absolute Gasteiger partial charge is 0.356 e. The molecule has 1 fully saturated rings. The van der Waals surface area contributed by atoms with Crippen LogP contribution >= 0.6 is 0 Å². The van der Waals surface area contributed by atoms with Gasteiger partial charge in [0.2, 0.25) is 0 Å². The van der Waals surface area contributed by atoms with Gasteiger partial charge in [-0.3, -0.25) is 0 Å². The van der Waals surface area contributed by atoms with Gasteiger partial charge in [-0.2, -0.15) is 0 Å². The number of anilines is 1. The van der Waals surface area contributed by atoms with Gasteiger partial charge in [-0.05, 0) is 24.8 Å². The molecule has 2 amide bonds. The Hall–Kier alpha value is -2.31. The van der Waals surface area contributed by atoms with Crippen LogP contribution in [0.5, 0.6) is 0 Å². The van der Waals surface area contributed by atoms with E-state index < -0.39 is 6.03 Å². The number of hydrogen-bond donors (Lipinski definition) is 3. The molecule has 2 aromatic rings. The van der Waals surface area contributed by atoms with Crippen molar-refractivity contribution in [1.82, 2.24) is 20.3 Å². The van der Waals surface area contributed by atoms with Crippen molar-refractivity contribution in [2.45, 2.75) is 12.8 Å². The van der Waals surface area contributed by atoms with Crippen molar-refractivity contribution in [2.24, 2.45) is 11.7 Å². The summed E-state index contributed by atoms with van der Waals surface area (Å²) in [5, 5.41) is 3.73. The maximum Gasteiger partial charge on any atom is 0.312 e. The summed E-state index contributed by atoms with van der Waals surface area (Å²) in [6.07, 6.45) is 5.64. The standard InChI is InChI=1S/C13H18N6O/c14-13(20)16-6-9-2-1-5-19(7-9)12-10-3-4-15-11(10)17-8-18-12/h3-4,8-9H,1-2,5-7H2,(H3,14,16,20)(H,15,17,18). The number of amides is 2. The zero-order valence-corrected chi connectivity index (χ0v) is 11.2. The molecule has 0 aromatic carbocycles. The molecule has 0 spiro atoms. The van der Waals surface area contributed by atoms with Crippen molar-refractivity contribution in [3.05, 3.63) is 18.6 Å². The fourth-order valence-corrected chi connectivity index (χ4v) is 2.78. The molecule has 4 N–H and O–H groups in total. The number of carbonyl (C=O) groups is 1. The molecule has 1 aliphatic rings. The number of aromatic amines is 1. The van der Waals surface area contributed by atoms with Crippen LogP contribution < -0.4 is 16.0 Å². The average molecular weight is 274 g/mol. The summed E-state index contributed by atoms with van der Waals surface area (Å²) in [5.41, 5.74) is 5.98. The second kappa shape index (κ2) is 5.36. The minimum Gasteiger partial charge on any atom is -0.356 e. The third-order valence-corrected chi connectivity index (χ3v) is 3.72. The highest BCUT2D eigenvalue weighted by atomic mass is 16.2. The highest BCUT2D eigenvalue weighted by molar-refractivity contribution is 5.87. The van der Waals surface area contributed by atoms with Gasteiger partial charge in [0, 0.05) is 25.8 Å². The van der Waals surface area contributed by atoms with Crippen molar-refractivity contribution in [3.63, 3.8) is 0 Å². The van der Waals surface area contributed by atoms with E-state index >= 15 is 0 Å². The van der Waals surface area contributed by atoms with Gasteiger partial charge in [0.05, 0.1) is 5.39 Å². The lowest BCUT2D eigenvalue weighted by Crippen LogP contribution is -2.42. The molecular weight excluding hydrogens is 256 g/mol. The number of nitrogens with one attached hydrogen (secondary N) is 2. The number of piperidine rings is 1. The molecule has 0 bridgehead atoms. The minimum atomic E-state index is -0.461. The van der Waals surface area contributed by atoms with E-state index in [-0.39, 0.29) is 0 Å². The van der Waals surface area contributed by atoms with Crippen molar-refractivity contribution in [2.75, 3.05) is 24.5 Å². The topological polar surface area (TPSA) is 99.9 Å². The molecule has 3 heterocycles. The molecule has 7 nitrogen and oxygen atoms in total. The van der Waals surface area contributed by atoms with Gasteiger partial charge in [0.1, 0.15) is 17.8 Å². The Morgan fingerprint density at radius 3 is 3.30 bits per heavy atom. The summed E-state index contributed by atoms with van der Waals surface area (Å²) in [6, 6.07) is 1.54. The van der Waals surface area contributed by atoms with Crippen LogP contribution in [0.4, 0.5) is 10.6 Å². The summed E-state index contributed by atoms with van der Waals surface area (Å²) in [6.45, 7) is 2.47. The van der Waals surface area contributed by atoms with Crippen molar-refractivity contribution in [3.8, 4) is 0 Å². The van der Waals surface area contributed by atoms with Gasteiger partial charge < -0.3 is 20.9 Å². The Labute approximate surface area is 116 Å². The summed E-state index contributed by atoms with van der Waals surface area (Å²) in [7, 11) is 0. The Balaban J connectivity index is 1.76. The number of rotatable bonds is 3. The molecule has 0 saturated carbocycles. The Morgan fingerprint density at radius 2 is 2.45 bits per heavy atom. The molecular formula is C13H18N6O. The van der Waals surface area contributed by atoms with E-state index in [1.807, 2.05) is 12.3 Å². The zero-order chi connectivity index (χ0) is 13.9. The first-order valence-corrected chi connectivity index (χ1v) is 6.80.